The zero-order valence-corrected chi connectivity index (χ0v) is 20.8. The second-order valence-corrected chi connectivity index (χ2v) is 9.68. The number of amides is 2. The van der Waals surface area contributed by atoms with Gasteiger partial charge in [0.1, 0.15) is 0 Å². The molecule has 34 heavy (non-hydrogen) atoms. The van der Waals surface area contributed by atoms with Crippen LogP contribution < -0.4 is 5.32 Å². The Bertz CT molecular complexity index is 988. The van der Waals surface area contributed by atoms with E-state index in [1.165, 1.54) is 0 Å². The van der Waals surface area contributed by atoms with Crippen molar-refractivity contribution in [2.75, 3.05) is 51.6 Å². The van der Waals surface area contributed by atoms with Crippen molar-refractivity contribution < 1.29 is 14.3 Å². The van der Waals surface area contributed by atoms with E-state index in [1.807, 2.05) is 0 Å². The quantitative estimate of drug-likeness (QED) is 0.648. The summed E-state index contributed by atoms with van der Waals surface area (Å²) in [5, 5.41) is 3.60. The van der Waals surface area contributed by atoms with Crippen LogP contribution in [0.1, 0.15) is 24.5 Å². The van der Waals surface area contributed by atoms with Gasteiger partial charge in [-0.3, -0.25) is 15.0 Å². The smallest absolute Gasteiger partial charge is 0.412 e. The number of carbonyl (C=O) groups excluding carboxylic acids is 2. The number of piperazine rings is 1. The van der Waals surface area contributed by atoms with Gasteiger partial charge < -0.3 is 14.5 Å². The third kappa shape index (κ3) is 6.21. The van der Waals surface area contributed by atoms with Crippen LogP contribution in [0.25, 0.3) is 0 Å². The summed E-state index contributed by atoms with van der Waals surface area (Å²) >= 11 is 12.3. The normalized spacial score (nSPS) is 19.0. The summed E-state index contributed by atoms with van der Waals surface area (Å²) in [6.07, 6.45) is -0.0438. The molecule has 0 saturated carbocycles. The van der Waals surface area contributed by atoms with Gasteiger partial charge in [-0.1, -0.05) is 41.4 Å². The van der Waals surface area contributed by atoms with E-state index >= 15 is 0 Å². The molecular formula is C25H30Cl2N4O3. The molecule has 2 fully saturated rings. The molecule has 0 spiro atoms. The van der Waals surface area contributed by atoms with E-state index in [4.69, 9.17) is 27.9 Å². The number of nitrogens with zero attached hydrogens (tertiary/aromatic N) is 3. The highest BCUT2D eigenvalue weighted by molar-refractivity contribution is 6.31. The van der Waals surface area contributed by atoms with Crippen LogP contribution in [0.4, 0.5) is 10.5 Å². The fourth-order valence-electron chi connectivity index (χ4n) is 4.53. The first-order chi connectivity index (χ1) is 16.4. The molecule has 0 aliphatic carbocycles. The Morgan fingerprint density at radius 1 is 0.941 bits per heavy atom. The standard InChI is InChI=1S/C25H30Cl2N4O3/c1-29-14-16-30(17-15-29)20-10-12-31(13-11-20)24(32)23(21-4-2-3-5-22(21)27)34-25(33)28-19-8-6-18(26)7-9-19/h2-9,20,23H,10-17H2,1H3,(H,28,33)/t23-/m1/s1. The van der Waals surface area contributed by atoms with Crippen LogP contribution >= 0.6 is 23.2 Å². The fourth-order valence-corrected chi connectivity index (χ4v) is 4.89. The van der Waals surface area contributed by atoms with Crippen molar-refractivity contribution >= 4 is 40.9 Å². The number of likely N-dealkylation sites (N-methyl/N-ethyl adjacent to an activating group) is 1. The molecule has 182 valence electrons. The first-order valence-electron chi connectivity index (χ1n) is 11.6. The maximum absolute atomic E-state index is 13.5. The average molecular weight is 505 g/mol. The number of ether oxygens (including phenoxy) is 1. The molecule has 4 rings (SSSR count). The highest BCUT2D eigenvalue weighted by Gasteiger charge is 2.35. The van der Waals surface area contributed by atoms with E-state index < -0.39 is 12.2 Å². The topological polar surface area (TPSA) is 65.1 Å². The molecular weight excluding hydrogens is 475 g/mol. The number of likely N-dealkylation sites (tertiary alicyclic amines) is 1. The van der Waals surface area contributed by atoms with Gasteiger partial charge in [-0.15, -0.1) is 0 Å². The summed E-state index contributed by atoms with van der Waals surface area (Å²) in [6.45, 7) is 5.52. The van der Waals surface area contributed by atoms with Crippen LogP contribution in [-0.4, -0.2) is 79.1 Å². The lowest BCUT2D eigenvalue weighted by Crippen LogP contribution is -2.53. The van der Waals surface area contributed by atoms with E-state index in [0.29, 0.717) is 40.4 Å². The summed E-state index contributed by atoms with van der Waals surface area (Å²) < 4.78 is 5.65. The number of anilines is 1. The molecule has 2 aromatic rings. The van der Waals surface area contributed by atoms with E-state index in [9.17, 15) is 9.59 Å². The van der Waals surface area contributed by atoms with Crippen molar-refractivity contribution in [1.82, 2.24) is 14.7 Å². The molecule has 2 aliphatic rings. The van der Waals surface area contributed by atoms with Crippen LogP contribution in [0.5, 0.6) is 0 Å². The van der Waals surface area contributed by atoms with Crippen molar-refractivity contribution in [2.24, 2.45) is 0 Å². The number of hydrogen-bond donors (Lipinski definition) is 1. The molecule has 2 aliphatic heterocycles. The molecule has 9 heteroatoms. The second-order valence-electron chi connectivity index (χ2n) is 8.83. The molecule has 0 unspecified atom stereocenters. The number of halogens is 2. The van der Waals surface area contributed by atoms with Crippen LogP contribution in [0.2, 0.25) is 10.0 Å². The van der Waals surface area contributed by atoms with E-state index in [1.54, 1.807) is 53.4 Å². The molecule has 2 saturated heterocycles. The maximum atomic E-state index is 13.5. The zero-order chi connectivity index (χ0) is 24.1. The number of carbonyl (C=O) groups is 2. The number of nitrogens with one attached hydrogen (secondary N) is 1. The van der Waals surface area contributed by atoms with Gasteiger partial charge in [-0.25, -0.2) is 4.79 Å². The second kappa shape index (κ2) is 11.4. The minimum Gasteiger partial charge on any atom is -0.431 e. The Balaban J connectivity index is 1.42. The van der Waals surface area contributed by atoms with Gasteiger partial charge in [-0.05, 0) is 50.2 Å². The Kier molecular flexibility index (Phi) is 8.32. The largest absolute Gasteiger partial charge is 0.431 e. The fraction of sp³-hybridized carbons (Fsp3) is 0.440. The molecule has 2 heterocycles. The molecule has 2 amide bonds. The minimum atomic E-state index is -1.12. The van der Waals surface area contributed by atoms with Gasteiger partial charge in [0.15, 0.2) is 0 Å². The van der Waals surface area contributed by atoms with Crippen LogP contribution in [0.15, 0.2) is 48.5 Å². The number of hydrogen-bond acceptors (Lipinski definition) is 5. The molecule has 0 bridgehead atoms. The predicted octanol–water partition coefficient (Wildman–Crippen LogP) is 4.52. The van der Waals surface area contributed by atoms with Crippen molar-refractivity contribution in [3.05, 3.63) is 64.1 Å². The van der Waals surface area contributed by atoms with Gasteiger partial charge in [0.25, 0.3) is 5.91 Å². The van der Waals surface area contributed by atoms with E-state index in [-0.39, 0.29) is 5.91 Å². The van der Waals surface area contributed by atoms with Crippen molar-refractivity contribution in [1.29, 1.82) is 0 Å². The Morgan fingerprint density at radius 3 is 2.24 bits per heavy atom. The highest BCUT2D eigenvalue weighted by Crippen LogP contribution is 2.30. The predicted molar refractivity (Wildman–Crippen MR) is 134 cm³/mol. The summed E-state index contributed by atoms with van der Waals surface area (Å²) in [6, 6.07) is 14.1. The summed E-state index contributed by atoms with van der Waals surface area (Å²) in [5.74, 6) is -0.254. The van der Waals surface area contributed by atoms with Crippen molar-refractivity contribution in [2.45, 2.75) is 25.0 Å². The number of benzene rings is 2. The molecule has 0 radical (unpaired) electrons. The first-order valence-corrected chi connectivity index (χ1v) is 12.4. The van der Waals surface area contributed by atoms with Crippen molar-refractivity contribution in [3.63, 3.8) is 0 Å². The molecule has 1 atom stereocenters. The Labute approximate surface area is 210 Å². The lowest BCUT2D eigenvalue weighted by atomic mass is 10.0. The number of rotatable bonds is 5. The van der Waals surface area contributed by atoms with Crippen LogP contribution in [-0.2, 0) is 9.53 Å². The van der Waals surface area contributed by atoms with Gasteiger partial charge in [0, 0.05) is 66.6 Å². The summed E-state index contributed by atoms with van der Waals surface area (Å²) in [5.41, 5.74) is 0.995. The van der Waals surface area contributed by atoms with Crippen LogP contribution in [0, 0.1) is 0 Å². The Morgan fingerprint density at radius 2 is 1.59 bits per heavy atom. The first kappa shape index (κ1) is 24.8. The van der Waals surface area contributed by atoms with E-state index in [0.717, 1.165) is 39.0 Å². The van der Waals surface area contributed by atoms with Gasteiger partial charge in [0.2, 0.25) is 6.10 Å². The monoisotopic (exact) mass is 504 g/mol. The third-order valence-electron chi connectivity index (χ3n) is 6.56. The average Bonchev–Trinajstić information content (AvgIpc) is 2.85. The van der Waals surface area contributed by atoms with Gasteiger partial charge in [0.05, 0.1) is 0 Å². The maximum Gasteiger partial charge on any atom is 0.412 e. The Hall–Kier alpha value is -2.32. The molecule has 0 aromatic heterocycles. The highest BCUT2D eigenvalue weighted by atomic mass is 35.5. The lowest BCUT2D eigenvalue weighted by molar-refractivity contribution is -0.142. The molecule has 7 nitrogen and oxygen atoms in total. The van der Waals surface area contributed by atoms with Gasteiger partial charge in [-0.2, -0.15) is 0 Å². The molecule has 1 N–H and O–H groups in total. The minimum absolute atomic E-state index is 0.254. The van der Waals surface area contributed by atoms with Crippen LogP contribution in [0.3, 0.4) is 0 Å². The van der Waals surface area contributed by atoms with Gasteiger partial charge >= 0.3 is 6.09 Å². The summed E-state index contributed by atoms with van der Waals surface area (Å²) in [7, 11) is 2.15. The SMILES string of the molecule is CN1CCN(C2CCN(C(=O)[C@H](OC(=O)Nc3ccc(Cl)cc3)c3ccccc3Cl)CC2)CC1. The summed E-state index contributed by atoms with van der Waals surface area (Å²) in [4.78, 5) is 32.9. The third-order valence-corrected chi connectivity index (χ3v) is 7.15. The van der Waals surface area contributed by atoms with E-state index in [2.05, 4.69) is 22.2 Å². The zero-order valence-electron chi connectivity index (χ0n) is 19.3. The lowest BCUT2D eigenvalue weighted by Gasteiger charge is -2.42. The molecule has 2 aromatic carbocycles. The number of piperidine rings is 1. The van der Waals surface area contributed by atoms with Crippen molar-refractivity contribution in [3.8, 4) is 0 Å².